The molecule has 0 fully saturated rings. The van der Waals surface area contributed by atoms with Crippen molar-refractivity contribution in [2.45, 2.75) is 13.8 Å². The molecule has 0 saturated carbocycles. The number of esters is 1. The van der Waals surface area contributed by atoms with Crippen molar-refractivity contribution in [2.24, 2.45) is 20.5 Å². The van der Waals surface area contributed by atoms with E-state index in [4.69, 9.17) is 21.3 Å². The zero-order valence-corrected chi connectivity index (χ0v) is 23.7. The monoisotopic (exact) mass is 608 g/mol. The van der Waals surface area contributed by atoms with Crippen LogP contribution in [0.2, 0.25) is 0 Å². The van der Waals surface area contributed by atoms with Crippen molar-refractivity contribution in [3.8, 4) is 11.6 Å². The standard InChI is InChI=1S/C22H20N14O4S2/c1-9-16(29-31-20-11(5-27-41-20)13(38)7-37)18(23)35(33-9)14-4-15(26-8-25-14)36-19(24)17(10(2)34-36)30-32-21-12(6-28-42-21)22(39)40-3/h4-6,8,37H,7,23-24H2,1-3H3/b31-29+,32-30+. The second-order valence-corrected chi connectivity index (χ2v) is 9.82. The molecule has 0 spiro atoms. The minimum atomic E-state index is -0.677. The van der Waals surface area contributed by atoms with Crippen LogP contribution in [0.25, 0.3) is 11.6 Å². The van der Waals surface area contributed by atoms with Gasteiger partial charge in [0.25, 0.3) is 0 Å². The van der Waals surface area contributed by atoms with Crippen LogP contribution in [0, 0.1) is 13.8 Å². The fourth-order valence-corrected chi connectivity index (χ4v) is 4.74. The normalized spacial score (nSPS) is 11.6. The molecule has 0 amide bonds. The van der Waals surface area contributed by atoms with Gasteiger partial charge in [-0.3, -0.25) is 4.79 Å². The molecule has 5 aromatic rings. The first-order valence-corrected chi connectivity index (χ1v) is 13.3. The number of rotatable bonds is 9. The van der Waals surface area contributed by atoms with Crippen molar-refractivity contribution in [3.63, 3.8) is 0 Å². The molecule has 42 heavy (non-hydrogen) atoms. The highest BCUT2D eigenvalue weighted by atomic mass is 32.1. The molecule has 0 saturated heterocycles. The highest BCUT2D eigenvalue weighted by Crippen LogP contribution is 2.34. The van der Waals surface area contributed by atoms with Gasteiger partial charge in [0, 0.05) is 6.07 Å². The summed E-state index contributed by atoms with van der Waals surface area (Å²) in [5.41, 5.74) is 14.4. The number of hydrogen-bond donors (Lipinski definition) is 3. The third-order valence-corrected chi connectivity index (χ3v) is 7.00. The van der Waals surface area contributed by atoms with Gasteiger partial charge in [-0.25, -0.2) is 14.8 Å². The van der Waals surface area contributed by atoms with E-state index in [1.807, 2.05) is 0 Å². The maximum Gasteiger partial charge on any atom is 0.342 e. The van der Waals surface area contributed by atoms with E-state index in [0.29, 0.717) is 11.4 Å². The number of ketones is 1. The first kappa shape index (κ1) is 28.2. The number of carbonyl (C=O) groups is 2. The quantitative estimate of drug-likeness (QED) is 0.124. The summed E-state index contributed by atoms with van der Waals surface area (Å²) in [4.78, 5) is 32.3. The Labute approximate surface area is 243 Å². The summed E-state index contributed by atoms with van der Waals surface area (Å²) in [5, 5.41) is 35.0. The SMILES string of the molecule is COC(=O)c1cnsc1/N=N/c1c(C)nn(-c2cc(-n3nc(C)c(/N=N/c4sncc4C(=O)CO)c3N)ncn2)c1N. The maximum atomic E-state index is 11.9. The third-order valence-electron chi connectivity index (χ3n) is 5.63. The summed E-state index contributed by atoms with van der Waals surface area (Å²) in [6.07, 6.45) is 3.94. The average Bonchev–Trinajstić information content (AvgIpc) is 3.77. The zero-order valence-electron chi connectivity index (χ0n) is 22.0. The number of anilines is 2. The summed E-state index contributed by atoms with van der Waals surface area (Å²) < 4.78 is 15.3. The number of azo groups is 2. The molecule has 0 atom stereocenters. The first-order valence-electron chi connectivity index (χ1n) is 11.7. The van der Waals surface area contributed by atoms with Crippen molar-refractivity contribution in [1.29, 1.82) is 0 Å². The largest absolute Gasteiger partial charge is 0.465 e. The van der Waals surface area contributed by atoms with Crippen LogP contribution in [0.15, 0.2) is 45.2 Å². The van der Waals surface area contributed by atoms with Crippen LogP contribution in [0.3, 0.4) is 0 Å². The van der Waals surface area contributed by atoms with Gasteiger partial charge in [-0.1, -0.05) is 0 Å². The van der Waals surface area contributed by atoms with Gasteiger partial charge in [-0.15, -0.1) is 20.5 Å². The van der Waals surface area contributed by atoms with Gasteiger partial charge >= 0.3 is 5.97 Å². The van der Waals surface area contributed by atoms with E-state index >= 15 is 0 Å². The fourth-order valence-electron chi connectivity index (χ4n) is 3.57. The van der Waals surface area contributed by atoms with Gasteiger partial charge in [0.15, 0.2) is 50.4 Å². The molecule has 0 unspecified atom stereocenters. The Kier molecular flexibility index (Phi) is 7.82. The third kappa shape index (κ3) is 5.23. The van der Waals surface area contributed by atoms with E-state index in [2.05, 4.69) is 49.4 Å². The second-order valence-electron chi connectivity index (χ2n) is 8.26. The number of nitrogens with two attached hydrogens (primary N) is 2. The molecule has 0 aliphatic carbocycles. The number of nitrogens with zero attached hydrogens (tertiary/aromatic N) is 12. The summed E-state index contributed by atoms with van der Waals surface area (Å²) in [5.74, 6) is -0.317. The van der Waals surface area contributed by atoms with Crippen molar-refractivity contribution in [1.82, 2.24) is 38.3 Å². The van der Waals surface area contributed by atoms with Crippen LogP contribution in [-0.2, 0) is 4.74 Å². The van der Waals surface area contributed by atoms with Gasteiger partial charge in [0.1, 0.15) is 18.5 Å². The number of Topliss-reactive ketones (excluding diaryl/α,β-unsaturated/α-hetero) is 1. The molecule has 0 bridgehead atoms. The first-order chi connectivity index (χ1) is 20.2. The van der Waals surface area contributed by atoms with Gasteiger partial charge in [-0.05, 0) is 36.9 Å². The Morgan fingerprint density at radius 2 is 1.38 bits per heavy atom. The summed E-state index contributed by atoms with van der Waals surface area (Å²) in [6, 6.07) is 1.55. The minimum Gasteiger partial charge on any atom is -0.465 e. The Morgan fingerprint density at radius 3 is 1.88 bits per heavy atom. The van der Waals surface area contributed by atoms with Crippen molar-refractivity contribution < 1.29 is 19.4 Å². The van der Waals surface area contributed by atoms with Crippen LogP contribution in [0.4, 0.5) is 33.0 Å². The number of nitrogen functional groups attached to an aromatic ring is 2. The molecule has 0 radical (unpaired) electrons. The minimum absolute atomic E-state index is 0.116. The predicted octanol–water partition coefficient (Wildman–Crippen LogP) is 3.33. The Bertz CT molecular complexity index is 1740. The molecule has 20 heteroatoms. The lowest BCUT2D eigenvalue weighted by Crippen LogP contribution is -2.09. The van der Waals surface area contributed by atoms with Gasteiger partial charge in [0.05, 0.1) is 36.5 Å². The lowest BCUT2D eigenvalue weighted by molar-refractivity contribution is 0.0601. The topological polar surface area (TPSA) is 252 Å². The number of ether oxygens (including phenoxy) is 1. The molecular formula is C22H20N14O4S2. The smallest absolute Gasteiger partial charge is 0.342 e. The van der Waals surface area contributed by atoms with Gasteiger partial charge < -0.3 is 21.3 Å². The van der Waals surface area contributed by atoms with E-state index in [0.717, 1.165) is 23.1 Å². The molecule has 18 nitrogen and oxygen atoms in total. The highest BCUT2D eigenvalue weighted by molar-refractivity contribution is 7.10. The number of aryl methyl sites for hydroxylation is 2. The summed E-state index contributed by atoms with van der Waals surface area (Å²) >= 11 is 1.92. The molecule has 0 aliphatic heterocycles. The van der Waals surface area contributed by atoms with Crippen molar-refractivity contribution in [3.05, 3.63) is 47.3 Å². The van der Waals surface area contributed by atoms with E-state index < -0.39 is 18.4 Å². The molecule has 0 aliphatic rings. The molecule has 5 rings (SSSR count). The zero-order chi connectivity index (χ0) is 30.0. The fraction of sp³-hybridized carbons (Fsp3) is 0.182. The van der Waals surface area contributed by atoms with Crippen LogP contribution in [-0.4, -0.2) is 68.9 Å². The number of aliphatic hydroxyl groups is 1. The lowest BCUT2D eigenvalue weighted by atomic mass is 10.2. The molecule has 5 heterocycles. The van der Waals surface area contributed by atoms with Crippen LogP contribution < -0.4 is 11.5 Å². The average molecular weight is 609 g/mol. The molecular weight excluding hydrogens is 588 g/mol. The van der Waals surface area contributed by atoms with Crippen molar-refractivity contribution in [2.75, 3.05) is 25.2 Å². The highest BCUT2D eigenvalue weighted by Gasteiger charge is 2.20. The van der Waals surface area contributed by atoms with E-state index in [1.165, 1.54) is 35.2 Å². The molecule has 214 valence electrons. The number of aliphatic hydroxyl groups excluding tert-OH is 1. The number of methoxy groups -OCH3 is 1. The van der Waals surface area contributed by atoms with Crippen LogP contribution >= 0.6 is 23.1 Å². The molecule has 5 aromatic heterocycles. The Morgan fingerprint density at radius 1 is 0.881 bits per heavy atom. The number of aromatic nitrogens is 8. The van der Waals surface area contributed by atoms with Gasteiger partial charge in [-0.2, -0.15) is 28.3 Å². The van der Waals surface area contributed by atoms with E-state index in [9.17, 15) is 9.59 Å². The van der Waals surface area contributed by atoms with E-state index in [1.54, 1.807) is 19.9 Å². The Hall–Kier alpha value is -5.34. The second kappa shape index (κ2) is 11.6. The Balaban J connectivity index is 1.45. The van der Waals surface area contributed by atoms with Gasteiger partial charge in [0.2, 0.25) is 0 Å². The van der Waals surface area contributed by atoms with Crippen LogP contribution in [0.1, 0.15) is 32.1 Å². The molecule has 0 aromatic carbocycles. The van der Waals surface area contributed by atoms with Crippen LogP contribution in [0.5, 0.6) is 0 Å². The molecule has 5 N–H and O–H groups in total. The number of hydrogen-bond acceptors (Lipinski definition) is 18. The predicted molar refractivity (Wildman–Crippen MR) is 150 cm³/mol. The van der Waals surface area contributed by atoms with Crippen molar-refractivity contribution >= 4 is 67.8 Å². The lowest BCUT2D eigenvalue weighted by Gasteiger charge is -2.06. The summed E-state index contributed by atoms with van der Waals surface area (Å²) in [7, 11) is 1.26. The summed E-state index contributed by atoms with van der Waals surface area (Å²) in [6.45, 7) is 2.69. The maximum absolute atomic E-state index is 11.9. The number of carbonyl (C=O) groups excluding carboxylic acids is 2. The van der Waals surface area contributed by atoms with E-state index in [-0.39, 0.29) is 55.8 Å².